The summed E-state index contributed by atoms with van der Waals surface area (Å²) >= 11 is 1.26. The minimum absolute atomic E-state index is 0.272. The number of hydrogen-bond acceptors (Lipinski definition) is 5. The van der Waals surface area contributed by atoms with Crippen LogP contribution >= 0.6 is 11.3 Å². The number of aromatic nitrogens is 2. The van der Waals surface area contributed by atoms with Crippen molar-refractivity contribution in [2.24, 2.45) is 0 Å². The number of ketones is 1. The monoisotopic (exact) mass is 326 g/mol. The van der Waals surface area contributed by atoms with E-state index in [2.05, 4.69) is 9.97 Å². The number of Topliss-reactive ketones (excluding diaryl/α,β-unsaturated/α-hetero) is 1. The van der Waals surface area contributed by atoms with Crippen molar-refractivity contribution in [3.8, 4) is 11.3 Å². The van der Waals surface area contributed by atoms with Gasteiger partial charge < -0.3 is 9.72 Å². The van der Waals surface area contributed by atoms with Crippen LogP contribution in [0.4, 0.5) is 0 Å². The van der Waals surface area contributed by atoms with Crippen LogP contribution in [0.2, 0.25) is 0 Å². The Kier molecular flexibility index (Phi) is 4.34. The molecule has 0 bridgehead atoms. The molecule has 0 atom stereocenters. The summed E-state index contributed by atoms with van der Waals surface area (Å²) in [5.41, 5.74) is 1.85. The zero-order valence-electron chi connectivity index (χ0n) is 12.4. The fourth-order valence-corrected chi connectivity index (χ4v) is 2.97. The summed E-state index contributed by atoms with van der Waals surface area (Å²) in [4.78, 5) is 31.8. The van der Waals surface area contributed by atoms with E-state index < -0.39 is 5.97 Å². The molecule has 6 heteroatoms. The third-order valence-corrected chi connectivity index (χ3v) is 4.15. The van der Waals surface area contributed by atoms with Crippen LogP contribution in [0.1, 0.15) is 25.2 Å². The smallest absolute Gasteiger partial charge is 0.351 e. The third kappa shape index (κ3) is 3.37. The van der Waals surface area contributed by atoms with Gasteiger partial charge in [0.2, 0.25) is 5.78 Å². The molecule has 5 nitrogen and oxygen atoms in total. The number of aromatic amines is 1. The summed E-state index contributed by atoms with van der Waals surface area (Å²) in [5.74, 6) is -0.805. The Morgan fingerprint density at radius 3 is 2.65 bits per heavy atom. The summed E-state index contributed by atoms with van der Waals surface area (Å²) in [6.07, 6.45) is 1.65. The first kappa shape index (κ1) is 15.2. The Morgan fingerprint density at radius 2 is 1.96 bits per heavy atom. The van der Waals surface area contributed by atoms with E-state index in [1.165, 1.54) is 11.3 Å². The number of carbonyl (C=O) groups excluding carboxylic acids is 2. The molecule has 0 aliphatic carbocycles. The molecule has 0 radical (unpaired) electrons. The first-order valence-corrected chi connectivity index (χ1v) is 7.83. The maximum Gasteiger partial charge on any atom is 0.351 e. The van der Waals surface area contributed by atoms with Crippen molar-refractivity contribution in [2.45, 2.75) is 6.92 Å². The molecule has 1 N–H and O–H groups in total. The maximum absolute atomic E-state index is 12.3. The van der Waals surface area contributed by atoms with Crippen LogP contribution in [-0.2, 0) is 4.74 Å². The number of hydrogen-bond donors (Lipinski definition) is 1. The number of nitrogens with zero attached hydrogens (tertiary/aromatic N) is 1. The number of esters is 1. The average Bonchev–Trinajstić information content (AvgIpc) is 3.22. The molecule has 0 aliphatic rings. The van der Waals surface area contributed by atoms with Crippen molar-refractivity contribution in [1.82, 2.24) is 9.97 Å². The Bertz CT molecular complexity index is 823. The fraction of sp³-hybridized carbons (Fsp3) is 0.118. The number of H-pyrrole nitrogens is 1. The van der Waals surface area contributed by atoms with Crippen LogP contribution < -0.4 is 0 Å². The van der Waals surface area contributed by atoms with E-state index >= 15 is 0 Å². The van der Waals surface area contributed by atoms with Gasteiger partial charge in [0.25, 0.3) is 0 Å². The van der Waals surface area contributed by atoms with Gasteiger partial charge in [-0.05, 0) is 19.1 Å². The first-order chi connectivity index (χ1) is 11.1. The number of benzene rings is 1. The molecular formula is C17H14N2O3S. The summed E-state index contributed by atoms with van der Waals surface area (Å²) in [6.45, 7) is 1.53. The quantitative estimate of drug-likeness (QED) is 0.575. The lowest BCUT2D eigenvalue weighted by atomic mass is 10.1. The van der Waals surface area contributed by atoms with Crippen LogP contribution in [-0.4, -0.2) is 28.3 Å². The Hall–Kier alpha value is -2.73. The molecule has 2 aromatic heterocycles. The van der Waals surface area contributed by atoms with Crippen molar-refractivity contribution in [3.05, 3.63) is 64.2 Å². The second-order valence-corrected chi connectivity index (χ2v) is 6.06. The van der Waals surface area contributed by atoms with E-state index in [0.717, 1.165) is 10.6 Å². The van der Waals surface area contributed by atoms with Gasteiger partial charge in [0.15, 0.2) is 6.61 Å². The number of carbonyl (C=O) groups is 2. The number of ether oxygens (including phenoxy) is 1. The maximum atomic E-state index is 12.3. The summed E-state index contributed by atoms with van der Waals surface area (Å²) < 4.78 is 5.15. The number of thiazole rings is 1. The minimum atomic E-state index is -0.533. The molecule has 2 heterocycles. The van der Waals surface area contributed by atoms with Crippen LogP contribution in [0.5, 0.6) is 0 Å². The van der Waals surface area contributed by atoms with Crippen LogP contribution in [0, 0.1) is 6.92 Å². The van der Waals surface area contributed by atoms with E-state index in [1.807, 2.05) is 37.3 Å². The molecule has 0 spiro atoms. The summed E-state index contributed by atoms with van der Waals surface area (Å²) in [5, 5.41) is 0.770. The highest BCUT2D eigenvalue weighted by molar-refractivity contribution is 7.14. The van der Waals surface area contributed by atoms with Gasteiger partial charge in [-0.1, -0.05) is 30.3 Å². The topological polar surface area (TPSA) is 72.0 Å². The Balaban J connectivity index is 1.77. The van der Waals surface area contributed by atoms with Gasteiger partial charge in [0.05, 0.1) is 16.4 Å². The predicted octanol–water partition coefficient (Wildman–Crippen LogP) is 3.49. The molecule has 0 aliphatic heterocycles. The van der Waals surface area contributed by atoms with E-state index in [4.69, 9.17) is 4.74 Å². The molecule has 116 valence electrons. The van der Waals surface area contributed by atoms with Crippen LogP contribution in [0.25, 0.3) is 11.3 Å². The lowest BCUT2D eigenvalue weighted by molar-refractivity contribution is 0.0479. The molecule has 3 rings (SSSR count). The van der Waals surface area contributed by atoms with Gasteiger partial charge in [0, 0.05) is 11.8 Å². The lowest BCUT2D eigenvalue weighted by Gasteiger charge is -2.04. The number of aryl methyl sites for hydroxylation is 1. The van der Waals surface area contributed by atoms with E-state index in [0.29, 0.717) is 16.3 Å². The number of nitrogens with one attached hydrogen (secondary N) is 1. The van der Waals surface area contributed by atoms with Crippen molar-refractivity contribution >= 4 is 23.1 Å². The Morgan fingerprint density at radius 1 is 1.17 bits per heavy atom. The molecule has 0 saturated heterocycles. The van der Waals surface area contributed by atoms with Crippen LogP contribution in [0.15, 0.2) is 48.7 Å². The average molecular weight is 326 g/mol. The molecule has 23 heavy (non-hydrogen) atoms. The van der Waals surface area contributed by atoms with Crippen LogP contribution in [0.3, 0.4) is 0 Å². The minimum Gasteiger partial charge on any atom is -0.453 e. The molecule has 0 amide bonds. The van der Waals surface area contributed by atoms with Gasteiger partial charge in [0.1, 0.15) is 4.88 Å². The van der Waals surface area contributed by atoms with Gasteiger partial charge in [-0.15, -0.1) is 11.3 Å². The SMILES string of the molecule is Cc1nc(-c2ccccc2)c(C(=O)OCC(=O)c2ccc[nH]2)s1. The third-order valence-electron chi connectivity index (χ3n) is 3.20. The lowest BCUT2D eigenvalue weighted by Crippen LogP contribution is -2.14. The molecule has 1 aromatic carbocycles. The van der Waals surface area contributed by atoms with E-state index in [1.54, 1.807) is 18.3 Å². The highest BCUT2D eigenvalue weighted by Crippen LogP contribution is 2.28. The molecule has 0 saturated carbocycles. The fourth-order valence-electron chi connectivity index (χ4n) is 2.14. The molecule has 0 unspecified atom stereocenters. The number of rotatable bonds is 5. The summed E-state index contributed by atoms with van der Waals surface area (Å²) in [6, 6.07) is 12.8. The molecule has 0 fully saturated rings. The van der Waals surface area contributed by atoms with Crippen molar-refractivity contribution in [2.75, 3.05) is 6.61 Å². The first-order valence-electron chi connectivity index (χ1n) is 7.01. The van der Waals surface area contributed by atoms with E-state index in [9.17, 15) is 9.59 Å². The predicted molar refractivity (Wildman–Crippen MR) is 87.7 cm³/mol. The van der Waals surface area contributed by atoms with Gasteiger partial charge >= 0.3 is 5.97 Å². The summed E-state index contributed by atoms with van der Waals surface area (Å²) in [7, 11) is 0. The van der Waals surface area contributed by atoms with Gasteiger partial charge in [-0.3, -0.25) is 4.79 Å². The second-order valence-electron chi connectivity index (χ2n) is 4.86. The largest absolute Gasteiger partial charge is 0.453 e. The van der Waals surface area contributed by atoms with Gasteiger partial charge in [-0.25, -0.2) is 9.78 Å². The van der Waals surface area contributed by atoms with Crippen molar-refractivity contribution in [1.29, 1.82) is 0 Å². The van der Waals surface area contributed by atoms with E-state index in [-0.39, 0.29) is 12.4 Å². The molecular weight excluding hydrogens is 312 g/mol. The Labute approximate surface area is 137 Å². The van der Waals surface area contributed by atoms with Gasteiger partial charge in [-0.2, -0.15) is 0 Å². The van der Waals surface area contributed by atoms with Crippen molar-refractivity contribution in [3.63, 3.8) is 0 Å². The zero-order valence-corrected chi connectivity index (χ0v) is 13.2. The molecule has 3 aromatic rings. The zero-order chi connectivity index (χ0) is 16.2. The highest BCUT2D eigenvalue weighted by Gasteiger charge is 2.20. The standard InChI is InChI=1S/C17H14N2O3S/c1-11-19-15(12-6-3-2-4-7-12)16(23-11)17(21)22-10-14(20)13-8-5-9-18-13/h2-9,18H,10H2,1H3. The highest BCUT2D eigenvalue weighted by atomic mass is 32.1. The van der Waals surface area contributed by atoms with Crippen molar-refractivity contribution < 1.29 is 14.3 Å². The normalized spacial score (nSPS) is 10.5. The second kappa shape index (κ2) is 6.58.